The largest absolute Gasteiger partial charge is 0.380 e. The van der Waals surface area contributed by atoms with Crippen molar-refractivity contribution in [1.29, 1.82) is 0 Å². The van der Waals surface area contributed by atoms with Crippen LogP contribution in [0.2, 0.25) is 0 Å². The number of nitrogens with two attached hydrogens (primary N) is 1. The Bertz CT molecular complexity index is 767. The molecule has 3 aromatic heterocycles. The average molecular weight is 281 g/mol. The van der Waals surface area contributed by atoms with Crippen LogP contribution < -0.4 is 5.73 Å². The minimum absolute atomic E-state index is 0.354. The zero-order valence-corrected chi connectivity index (χ0v) is 11.9. The number of anilines is 1. The van der Waals surface area contributed by atoms with Gasteiger partial charge >= 0.3 is 0 Å². The molecular weight excluding hydrogens is 266 g/mol. The lowest BCUT2D eigenvalue weighted by Gasteiger charge is -2.06. The Labute approximate surface area is 122 Å². The zero-order valence-electron chi connectivity index (χ0n) is 11.9. The predicted octanol–water partition coefficient (Wildman–Crippen LogP) is 2.65. The van der Waals surface area contributed by atoms with Gasteiger partial charge in [-0.05, 0) is 37.1 Å². The van der Waals surface area contributed by atoms with E-state index < -0.39 is 0 Å². The topological polar surface area (TPSA) is 90.7 Å². The van der Waals surface area contributed by atoms with Crippen LogP contribution in [0.1, 0.15) is 18.3 Å². The third-order valence-corrected chi connectivity index (χ3v) is 3.26. The van der Waals surface area contributed by atoms with Gasteiger partial charge in [0.1, 0.15) is 0 Å². The van der Waals surface area contributed by atoms with Crippen LogP contribution in [0.4, 0.5) is 5.82 Å². The molecule has 0 aromatic carbocycles. The molecule has 0 aliphatic carbocycles. The van der Waals surface area contributed by atoms with Gasteiger partial charge in [-0.15, -0.1) is 0 Å². The van der Waals surface area contributed by atoms with E-state index in [1.807, 2.05) is 32.0 Å². The van der Waals surface area contributed by atoms with Crippen molar-refractivity contribution in [2.75, 3.05) is 5.73 Å². The summed E-state index contributed by atoms with van der Waals surface area (Å²) in [4.78, 5) is 4.02. The van der Waals surface area contributed by atoms with E-state index >= 15 is 0 Å². The fraction of sp³-hybridized carbons (Fsp3) is 0.200. The van der Waals surface area contributed by atoms with Crippen LogP contribution >= 0.6 is 0 Å². The number of nitrogens with zero attached hydrogens (tertiary/aromatic N) is 4. The van der Waals surface area contributed by atoms with E-state index in [4.69, 9.17) is 10.3 Å². The number of rotatable bonds is 3. The van der Waals surface area contributed by atoms with E-state index in [2.05, 4.69) is 20.3 Å². The van der Waals surface area contributed by atoms with Crippen LogP contribution in [0.5, 0.6) is 0 Å². The summed E-state index contributed by atoms with van der Waals surface area (Å²) in [5.41, 5.74) is 10.2. The Kier molecular flexibility index (Phi) is 3.35. The van der Waals surface area contributed by atoms with E-state index in [0.29, 0.717) is 11.6 Å². The van der Waals surface area contributed by atoms with Crippen molar-refractivity contribution in [1.82, 2.24) is 20.3 Å². The van der Waals surface area contributed by atoms with Crippen LogP contribution in [0.15, 0.2) is 35.1 Å². The molecule has 0 radical (unpaired) electrons. The monoisotopic (exact) mass is 281 g/mol. The lowest BCUT2D eigenvalue weighted by Crippen LogP contribution is -1.98. The lowest BCUT2D eigenvalue weighted by atomic mass is 10.0. The van der Waals surface area contributed by atoms with Crippen LogP contribution in [0.25, 0.3) is 22.5 Å². The summed E-state index contributed by atoms with van der Waals surface area (Å²) in [5.74, 6) is 0.973. The van der Waals surface area contributed by atoms with Gasteiger partial charge in [0, 0.05) is 18.0 Å². The molecule has 0 saturated heterocycles. The minimum Gasteiger partial charge on any atom is -0.380 e. The Morgan fingerprint density at radius 2 is 1.95 bits per heavy atom. The lowest BCUT2D eigenvalue weighted by molar-refractivity contribution is 0.435. The van der Waals surface area contributed by atoms with E-state index in [1.54, 1.807) is 12.4 Å². The molecule has 6 heteroatoms. The molecular formula is C15H15N5O. The smallest absolute Gasteiger partial charge is 0.178 e. The standard InChI is InChI=1S/C15H15N5O/c1-3-12-11(8-9(2)18-19-12)14-13(15(16)20-21-14)10-4-6-17-7-5-10/h4-8H,3H2,1-2H3,(H2,16,20). The van der Waals surface area contributed by atoms with Gasteiger partial charge in [0.25, 0.3) is 0 Å². The molecule has 6 nitrogen and oxygen atoms in total. The second kappa shape index (κ2) is 5.32. The fourth-order valence-electron chi connectivity index (χ4n) is 2.26. The van der Waals surface area contributed by atoms with Crippen LogP contribution in [-0.2, 0) is 6.42 Å². The van der Waals surface area contributed by atoms with Crippen molar-refractivity contribution in [3.8, 4) is 22.5 Å². The first kappa shape index (κ1) is 13.2. The first-order valence-electron chi connectivity index (χ1n) is 6.69. The summed E-state index contributed by atoms with van der Waals surface area (Å²) < 4.78 is 5.47. The van der Waals surface area contributed by atoms with Crippen LogP contribution in [0.3, 0.4) is 0 Å². The second-order valence-electron chi connectivity index (χ2n) is 4.71. The quantitative estimate of drug-likeness (QED) is 0.793. The maximum absolute atomic E-state index is 5.98. The van der Waals surface area contributed by atoms with Crippen molar-refractivity contribution in [3.05, 3.63) is 42.0 Å². The number of hydrogen-bond acceptors (Lipinski definition) is 6. The Balaban J connectivity index is 2.24. The van der Waals surface area contributed by atoms with E-state index in [1.165, 1.54) is 0 Å². The van der Waals surface area contributed by atoms with Gasteiger partial charge in [-0.3, -0.25) is 4.98 Å². The van der Waals surface area contributed by atoms with Crippen LogP contribution in [0, 0.1) is 6.92 Å². The van der Waals surface area contributed by atoms with Gasteiger partial charge in [-0.1, -0.05) is 12.1 Å². The molecule has 0 amide bonds. The number of hydrogen-bond donors (Lipinski definition) is 1. The first-order valence-corrected chi connectivity index (χ1v) is 6.69. The molecule has 3 aromatic rings. The highest BCUT2D eigenvalue weighted by atomic mass is 16.5. The normalized spacial score (nSPS) is 10.8. The Morgan fingerprint density at radius 1 is 1.19 bits per heavy atom. The Morgan fingerprint density at radius 3 is 2.67 bits per heavy atom. The summed E-state index contributed by atoms with van der Waals surface area (Å²) >= 11 is 0. The molecule has 0 bridgehead atoms. The van der Waals surface area contributed by atoms with Crippen molar-refractivity contribution in [2.45, 2.75) is 20.3 Å². The highest BCUT2D eigenvalue weighted by Gasteiger charge is 2.20. The molecule has 0 spiro atoms. The molecule has 0 fully saturated rings. The maximum atomic E-state index is 5.98. The Hall–Kier alpha value is -2.76. The molecule has 0 aliphatic heterocycles. The average Bonchev–Trinajstić information content (AvgIpc) is 2.89. The first-order chi connectivity index (χ1) is 10.2. The van der Waals surface area contributed by atoms with Gasteiger partial charge in [-0.2, -0.15) is 10.2 Å². The summed E-state index contributed by atoms with van der Waals surface area (Å²) in [5, 5.41) is 12.2. The van der Waals surface area contributed by atoms with Crippen molar-refractivity contribution in [3.63, 3.8) is 0 Å². The molecule has 2 N–H and O–H groups in total. The molecule has 3 heterocycles. The van der Waals surface area contributed by atoms with Crippen LogP contribution in [-0.4, -0.2) is 20.3 Å². The van der Waals surface area contributed by atoms with E-state index in [-0.39, 0.29) is 0 Å². The van der Waals surface area contributed by atoms with Crippen molar-refractivity contribution >= 4 is 5.82 Å². The second-order valence-corrected chi connectivity index (χ2v) is 4.71. The third-order valence-electron chi connectivity index (χ3n) is 3.26. The highest BCUT2D eigenvalue weighted by Crippen LogP contribution is 2.37. The maximum Gasteiger partial charge on any atom is 0.178 e. The molecule has 106 valence electrons. The summed E-state index contributed by atoms with van der Waals surface area (Å²) in [6, 6.07) is 5.69. The van der Waals surface area contributed by atoms with Crippen molar-refractivity contribution < 1.29 is 4.52 Å². The summed E-state index contributed by atoms with van der Waals surface area (Å²) in [6.07, 6.45) is 4.17. The van der Waals surface area contributed by atoms with Gasteiger partial charge < -0.3 is 10.3 Å². The zero-order chi connectivity index (χ0) is 14.8. The highest BCUT2D eigenvalue weighted by molar-refractivity contribution is 5.87. The molecule has 0 saturated carbocycles. The van der Waals surface area contributed by atoms with Gasteiger partial charge in [0.2, 0.25) is 0 Å². The molecule has 21 heavy (non-hydrogen) atoms. The number of pyridine rings is 1. The van der Waals surface area contributed by atoms with Crippen molar-refractivity contribution in [2.24, 2.45) is 0 Å². The van der Waals surface area contributed by atoms with Gasteiger partial charge in [-0.25, -0.2) is 0 Å². The van der Waals surface area contributed by atoms with Gasteiger partial charge in [0.05, 0.1) is 17.0 Å². The SMILES string of the molecule is CCc1nnc(C)cc1-c1onc(N)c1-c1ccncc1. The minimum atomic E-state index is 0.354. The van der Waals surface area contributed by atoms with E-state index in [9.17, 15) is 0 Å². The molecule has 3 rings (SSSR count). The van der Waals surface area contributed by atoms with Gasteiger partial charge in [0.15, 0.2) is 11.6 Å². The fourth-order valence-corrected chi connectivity index (χ4v) is 2.26. The number of aryl methyl sites for hydroxylation is 2. The molecule has 0 unspecified atom stereocenters. The third kappa shape index (κ3) is 2.35. The summed E-state index contributed by atoms with van der Waals surface area (Å²) in [6.45, 7) is 3.91. The number of nitrogen functional groups attached to an aromatic ring is 1. The molecule has 0 atom stereocenters. The van der Waals surface area contributed by atoms with E-state index in [0.717, 1.165) is 34.5 Å². The number of aromatic nitrogens is 4. The predicted molar refractivity (Wildman–Crippen MR) is 79.3 cm³/mol. The summed E-state index contributed by atoms with van der Waals surface area (Å²) in [7, 11) is 0. The molecule has 0 aliphatic rings.